The topological polar surface area (TPSA) is 98.3 Å². The van der Waals surface area contributed by atoms with Crippen LogP contribution in [-0.2, 0) is 6.54 Å². The van der Waals surface area contributed by atoms with Crippen LogP contribution >= 0.6 is 11.6 Å². The van der Waals surface area contributed by atoms with Crippen molar-refractivity contribution in [3.05, 3.63) is 63.3 Å². The van der Waals surface area contributed by atoms with Crippen LogP contribution in [0.3, 0.4) is 0 Å². The fraction of sp³-hybridized carbons (Fsp3) is 0.286. The molecule has 0 radical (unpaired) electrons. The molecule has 158 valence electrons. The zero-order valence-electron chi connectivity index (χ0n) is 17.2. The molecule has 30 heavy (non-hydrogen) atoms. The van der Waals surface area contributed by atoms with E-state index in [1.807, 2.05) is 20.8 Å². The number of nitrogens with one attached hydrogen (secondary N) is 1. The van der Waals surface area contributed by atoms with Crippen LogP contribution in [0.15, 0.2) is 46.2 Å². The third kappa shape index (κ3) is 4.38. The molecule has 0 unspecified atom stereocenters. The number of benzene rings is 2. The van der Waals surface area contributed by atoms with E-state index in [-0.39, 0.29) is 28.4 Å². The van der Waals surface area contributed by atoms with Crippen LogP contribution in [-0.4, -0.2) is 27.7 Å². The van der Waals surface area contributed by atoms with Crippen molar-refractivity contribution in [3.63, 3.8) is 0 Å². The van der Waals surface area contributed by atoms with Gasteiger partial charge >= 0.3 is 5.69 Å². The quantitative estimate of drug-likeness (QED) is 0.472. The lowest BCUT2D eigenvalue weighted by molar-refractivity contribution is 0.414. The van der Waals surface area contributed by atoms with E-state index in [0.29, 0.717) is 22.8 Å². The van der Waals surface area contributed by atoms with E-state index in [1.54, 1.807) is 43.5 Å². The van der Waals surface area contributed by atoms with Crippen LogP contribution < -0.4 is 16.2 Å². The molecule has 9 heteroatoms. The fourth-order valence-corrected chi connectivity index (χ4v) is 2.91. The van der Waals surface area contributed by atoms with Crippen LogP contribution in [0.25, 0.3) is 17.1 Å². The summed E-state index contributed by atoms with van der Waals surface area (Å²) < 4.78 is 21.5. The molecule has 0 bridgehead atoms. The number of H-pyrrole nitrogens is 1. The van der Waals surface area contributed by atoms with Gasteiger partial charge in [-0.2, -0.15) is 4.68 Å². The molecule has 3 rings (SSSR count). The van der Waals surface area contributed by atoms with Crippen molar-refractivity contribution < 1.29 is 9.13 Å². The molecule has 0 aliphatic rings. The Bertz CT molecular complexity index is 1140. The molecule has 1 aromatic heterocycles. The van der Waals surface area contributed by atoms with E-state index < -0.39 is 11.5 Å². The van der Waals surface area contributed by atoms with Crippen molar-refractivity contribution in [2.45, 2.75) is 27.3 Å². The number of amidine groups is 1. The molecule has 7 nitrogen and oxygen atoms in total. The van der Waals surface area contributed by atoms with Crippen molar-refractivity contribution in [2.24, 2.45) is 16.1 Å². The first kappa shape index (κ1) is 21.6. The van der Waals surface area contributed by atoms with Gasteiger partial charge in [-0.15, -0.1) is 5.10 Å². The monoisotopic (exact) mass is 431 g/mol. The summed E-state index contributed by atoms with van der Waals surface area (Å²) in [6, 6.07) is 9.82. The van der Waals surface area contributed by atoms with Gasteiger partial charge in [0.05, 0.1) is 35.8 Å². The summed E-state index contributed by atoms with van der Waals surface area (Å²) in [5.74, 6) is 0.464. The SMILES string of the molecule is COc1ccc(-n2nc(-c3c(Cl)ccc(CN=C(N)C(C)(C)C)c3F)[nH]c2=O)cc1. The second kappa shape index (κ2) is 8.31. The normalized spacial score (nSPS) is 12.3. The fourth-order valence-electron chi connectivity index (χ4n) is 2.68. The van der Waals surface area contributed by atoms with Gasteiger partial charge < -0.3 is 10.5 Å². The first-order valence-corrected chi connectivity index (χ1v) is 9.61. The van der Waals surface area contributed by atoms with Crippen LogP contribution in [0, 0.1) is 11.2 Å². The second-order valence-electron chi connectivity index (χ2n) is 7.74. The van der Waals surface area contributed by atoms with Crippen LogP contribution in [0.4, 0.5) is 4.39 Å². The first-order chi connectivity index (χ1) is 14.1. The number of halogens is 2. The lowest BCUT2D eigenvalue weighted by Gasteiger charge is -2.17. The minimum absolute atomic E-state index is 0.00283. The number of methoxy groups -OCH3 is 1. The van der Waals surface area contributed by atoms with Crippen molar-refractivity contribution in [3.8, 4) is 22.8 Å². The van der Waals surface area contributed by atoms with Crippen LogP contribution in [0.2, 0.25) is 5.02 Å². The number of aromatic nitrogens is 3. The van der Waals surface area contributed by atoms with Crippen molar-refractivity contribution >= 4 is 17.4 Å². The van der Waals surface area contributed by atoms with Gasteiger partial charge in [0.2, 0.25) is 0 Å². The number of ether oxygens (including phenoxy) is 1. The number of rotatable bonds is 5. The summed E-state index contributed by atoms with van der Waals surface area (Å²) in [5.41, 5.74) is 5.91. The minimum Gasteiger partial charge on any atom is -0.497 e. The summed E-state index contributed by atoms with van der Waals surface area (Å²) in [6.07, 6.45) is 0. The molecular formula is C21H23ClFN5O2. The highest BCUT2D eigenvalue weighted by Crippen LogP contribution is 2.30. The lowest BCUT2D eigenvalue weighted by atomic mass is 9.95. The summed E-state index contributed by atoms with van der Waals surface area (Å²) in [4.78, 5) is 19.3. The van der Waals surface area contributed by atoms with Gasteiger partial charge in [-0.25, -0.2) is 9.18 Å². The van der Waals surface area contributed by atoms with Gasteiger partial charge in [0.25, 0.3) is 0 Å². The number of hydrogen-bond donors (Lipinski definition) is 2. The minimum atomic E-state index is -0.608. The third-order valence-electron chi connectivity index (χ3n) is 4.53. The molecule has 0 saturated heterocycles. The largest absolute Gasteiger partial charge is 0.497 e. The van der Waals surface area contributed by atoms with E-state index in [9.17, 15) is 4.79 Å². The maximum Gasteiger partial charge on any atom is 0.348 e. The highest BCUT2D eigenvalue weighted by molar-refractivity contribution is 6.33. The van der Waals surface area contributed by atoms with Gasteiger partial charge in [0, 0.05) is 11.0 Å². The molecule has 3 N–H and O–H groups in total. The third-order valence-corrected chi connectivity index (χ3v) is 4.85. The predicted octanol–water partition coefficient (Wildman–Crippen LogP) is 3.93. The van der Waals surface area contributed by atoms with Crippen molar-refractivity contribution in [2.75, 3.05) is 7.11 Å². The van der Waals surface area contributed by atoms with Crippen molar-refractivity contribution in [1.82, 2.24) is 14.8 Å². The zero-order chi connectivity index (χ0) is 22.1. The molecule has 2 aromatic carbocycles. The van der Waals surface area contributed by atoms with Gasteiger partial charge in [0.15, 0.2) is 5.82 Å². The Labute approximate surface area is 178 Å². The van der Waals surface area contributed by atoms with E-state index in [1.165, 1.54) is 0 Å². The van der Waals surface area contributed by atoms with E-state index >= 15 is 4.39 Å². The Kier molecular flexibility index (Phi) is 5.98. The van der Waals surface area contributed by atoms with Gasteiger partial charge in [-0.3, -0.25) is 9.98 Å². The van der Waals surface area contributed by atoms with E-state index in [4.69, 9.17) is 22.1 Å². The number of nitrogens with two attached hydrogens (primary N) is 1. The Morgan fingerprint density at radius 1 is 1.27 bits per heavy atom. The summed E-state index contributed by atoms with van der Waals surface area (Å²) in [6.45, 7) is 5.81. The zero-order valence-corrected chi connectivity index (χ0v) is 17.9. The van der Waals surface area contributed by atoms with Crippen molar-refractivity contribution in [1.29, 1.82) is 0 Å². The number of nitrogens with zero attached hydrogens (tertiary/aromatic N) is 3. The molecule has 0 saturated carbocycles. The average Bonchev–Trinajstić information content (AvgIpc) is 3.07. The van der Waals surface area contributed by atoms with Gasteiger partial charge in [-0.1, -0.05) is 38.4 Å². The van der Waals surface area contributed by atoms with Gasteiger partial charge in [0.1, 0.15) is 11.6 Å². The van der Waals surface area contributed by atoms with Crippen LogP contribution in [0.1, 0.15) is 26.3 Å². The maximum absolute atomic E-state index is 15.2. The molecule has 3 aromatic rings. The summed E-state index contributed by atoms with van der Waals surface area (Å²) in [7, 11) is 1.55. The Morgan fingerprint density at radius 2 is 1.93 bits per heavy atom. The molecule has 0 spiro atoms. The molecule has 0 amide bonds. The Hall–Kier alpha value is -3.13. The molecule has 0 atom stereocenters. The summed E-state index contributed by atoms with van der Waals surface area (Å²) >= 11 is 6.23. The highest BCUT2D eigenvalue weighted by Gasteiger charge is 2.20. The van der Waals surface area contributed by atoms with E-state index in [0.717, 1.165) is 4.68 Å². The van der Waals surface area contributed by atoms with Crippen LogP contribution in [0.5, 0.6) is 5.75 Å². The molecular weight excluding hydrogens is 409 g/mol. The number of aromatic amines is 1. The summed E-state index contributed by atoms with van der Waals surface area (Å²) in [5, 5.41) is 4.35. The highest BCUT2D eigenvalue weighted by atomic mass is 35.5. The Balaban J connectivity index is 2.01. The molecule has 0 fully saturated rings. The second-order valence-corrected chi connectivity index (χ2v) is 8.14. The lowest BCUT2D eigenvalue weighted by Crippen LogP contribution is -2.29. The standard InChI is InChI=1S/C21H23ClFN5O2/c1-21(2,3)19(24)25-11-12-5-10-15(22)16(17(12)23)18-26-20(29)28(27-18)13-6-8-14(30-4)9-7-13/h5-10H,11H2,1-4H3,(H2,24,25)(H,26,27,29). The number of hydrogen-bond acceptors (Lipinski definition) is 4. The average molecular weight is 432 g/mol. The molecule has 0 aliphatic heterocycles. The number of aliphatic imine (C=N–C) groups is 1. The van der Waals surface area contributed by atoms with Gasteiger partial charge in [-0.05, 0) is 30.3 Å². The van der Waals surface area contributed by atoms with E-state index in [2.05, 4.69) is 15.1 Å². The molecule has 0 aliphatic carbocycles. The smallest absolute Gasteiger partial charge is 0.348 e. The predicted molar refractivity (Wildman–Crippen MR) is 116 cm³/mol. The Morgan fingerprint density at radius 3 is 2.53 bits per heavy atom. The molecule has 1 heterocycles. The maximum atomic E-state index is 15.2. The first-order valence-electron chi connectivity index (χ1n) is 9.23.